The van der Waals surface area contributed by atoms with E-state index < -0.39 is 0 Å². The van der Waals surface area contributed by atoms with Crippen LogP contribution in [0.4, 0.5) is 10.5 Å². The van der Waals surface area contributed by atoms with Crippen molar-refractivity contribution in [2.24, 2.45) is 5.92 Å². The third-order valence-electron chi connectivity index (χ3n) is 5.45. The van der Waals surface area contributed by atoms with Crippen LogP contribution in [0.2, 0.25) is 0 Å². The van der Waals surface area contributed by atoms with E-state index in [9.17, 15) is 9.59 Å². The standard InChI is InChI=1S/C22H24BrN3O2/c23-17-8-4-15(5-9-17)20(14-2-1-3-14)26-21(27)16-6-10-18(11-7-16)24-22(28)25-19-12-13-19/h4-11,14,19-20H,1-3,12-13H2,(H,26,27)(H2,24,25,28). The molecular weight excluding hydrogens is 418 g/mol. The second-order valence-corrected chi connectivity index (χ2v) is 8.56. The van der Waals surface area contributed by atoms with Gasteiger partial charge in [-0.25, -0.2) is 4.79 Å². The highest BCUT2D eigenvalue weighted by Crippen LogP contribution is 2.38. The third-order valence-corrected chi connectivity index (χ3v) is 5.98. The molecule has 2 aromatic carbocycles. The van der Waals surface area contributed by atoms with Crippen molar-refractivity contribution in [3.8, 4) is 0 Å². The van der Waals surface area contributed by atoms with Crippen LogP contribution in [0.1, 0.15) is 54.1 Å². The number of hydrogen-bond donors (Lipinski definition) is 3. The van der Waals surface area contributed by atoms with Crippen LogP contribution >= 0.6 is 15.9 Å². The van der Waals surface area contributed by atoms with Crippen LogP contribution in [0.25, 0.3) is 0 Å². The minimum absolute atomic E-state index is 0.0245. The normalized spacial score (nSPS) is 17.3. The molecule has 1 unspecified atom stereocenters. The highest BCUT2D eigenvalue weighted by Gasteiger charge is 2.30. The van der Waals surface area contributed by atoms with E-state index in [1.165, 1.54) is 6.42 Å². The van der Waals surface area contributed by atoms with Crippen molar-refractivity contribution in [1.29, 1.82) is 0 Å². The summed E-state index contributed by atoms with van der Waals surface area (Å²) in [6.45, 7) is 0. The third kappa shape index (κ3) is 4.73. The smallest absolute Gasteiger partial charge is 0.319 e. The summed E-state index contributed by atoms with van der Waals surface area (Å²) >= 11 is 3.47. The second-order valence-electron chi connectivity index (χ2n) is 7.64. The quantitative estimate of drug-likeness (QED) is 0.589. The molecule has 146 valence electrons. The van der Waals surface area contributed by atoms with E-state index in [4.69, 9.17) is 0 Å². The Morgan fingerprint density at radius 2 is 1.61 bits per heavy atom. The van der Waals surface area contributed by atoms with Crippen LogP contribution in [0, 0.1) is 5.92 Å². The van der Waals surface area contributed by atoms with Crippen LogP contribution in [-0.4, -0.2) is 18.0 Å². The van der Waals surface area contributed by atoms with E-state index in [0.717, 1.165) is 35.7 Å². The van der Waals surface area contributed by atoms with Gasteiger partial charge in [0, 0.05) is 21.8 Å². The first-order chi connectivity index (χ1) is 13.6. The molecule has 28 heavy (non-hydrogen) atoms. The molecule has 3 N–H and O–H groups in total. The van der Waals surface area contributed by atoms with Gasteiger partial charge in [-0.05, 0) is 73.6 Å². The molecular formula is C22H24BrN3O2. The maximum Gasteiger partial charge on any atom is 0.319 e. The van der Waals surface area contributed by atoms with Gasteiger partial charge >= 0.3 is 6.03 Å². The lowest BCUT2D eigenvalue weighted by Crippen LogP contribution is -2.36. The number of carbonyl (C=O) groups is 2. The van der Waals surface area contributed by atoms with Crippen molar-refractivity contribution in [2.45, 2.75) is 44.2 Å². The number of rotatable bonds is 6. The predicted molar refractivity (Wildman–Crippen MR) is 113 cm³/mol. The lowest BCUT2D eigenvalue weighted by atomic mass is 9.77. The topological polar surface area (TPSA) is 70.2 Å². The first-order valence-corrected chi connectivity index (χ1v) is 10.6. The molecule has 6 heteroatoms. The molecule has 0 radical (unpaired) electrons. The summed E-state index contributed by atoms with van der Waals surface area (Å²) < 4.78 is 1.03. The molecule has 0 aliphatic heterocycles. The zero-order valence-corrected chi connectivity index (χ0v) is 17.2. The van der Waals surface area contributed by atoms with E-state index in [1.54, 1.807) is 24.3 Å². The van der Waals surface area contributed by atoms with Crippen molar-refractivity contribution in [3.63, 3.8) is 0 Å². The second kappa shape index (κ2) is 8.35. The summed E-state index contributed by atoms with van der Waals surface area (Å²) in [4.78, 5) is 24.6. The molecule has 4 rings (SSSR count). The van der Waals surface area contributed by atoms with Gasteiger partial charge in [0.05, 0.1) is 6.04 Å². The molecule has 0 aromatic heterocycles. The van der Waals surface area contributed by atoms with E-state index in [1.807, 2.05) is 12.1 Å². The van der Waals surface area contributed by atoms with Crippen molar-refractivity contribution in [3.05, 3.63) is 64.1 Å². The molecule has 5 nitrogen and oxygen atoms in total. The molecule has 0 bridgehead atoms. The zero-order valence-electron chi connectivity index (χ0n) is 15.6. The number of benzene rings is 2. The Morgan fingerprint density at radius 3 is 2.18 bits per heavy atom. The SMILES string of the molecule is O=C(Nc1ccc(C(=O)NC(c2ccc(Br)cc2)C2CCC2)cc1)NC1CC1. The molecule has 2 fully saturated rings. The fourth-order valence-corrected chi connectivity index (χ4v) is 3.69. The number of carbonyl (C=O) groups excluding carboxylic acids is 2. The number of halogens is 1. The summed E-state index contributed by atoms with van der Waals surface area (Å²) in [6.07, 6.45) is 5.59. The van der Waals surface area contributed by atoms with Gasteiger partial charge in [-0.15, -0.1) is 0 Å². The maximum absolute atomic E-state index is 12.8. The average Bonchev–Trinajstić information content (AvgIpc) is 3.44. The highest BCUT2D eigenvalue weighted by molar-refractivity contribution is 9.10. The van der Waals surface area contributed by atoms with Gasteiger partial charge in [0.2, 0.25) is 0 Å². The summed E-state index contributed by atoms with van der Waals surface area (Å²) in [5.41, 5.74) is 2.41. The molecule has 2 aliphatic rings. The molecule has 3 amide bonds. The van der Waals surface area contributed by atoms with Crippen LogP contribution in [0.3, 0.4) is 0 Å². The van der Waals surface area contributed by atoms with Crippen molar-refractivity contribution in [1.82, 2.24) is 10.6 Å². The zero-order chi connectivity index (χ0) is 19.5. The number of amides is 3. The Bertz CT molecular complexity index is 843. The van der Waals surface area contributed by atoms with Crippen molar-refractivity contribution >= 4 is 33.6 Å². The van der Waals surface area contributed by atoms with E-state index >= 15 is 0 Å². The van der Waals surface area contributed by atoms with Crippen molar-refractivity contribution < 1.29 is 9.59 Å². The van der Waals surface area contributed by atoms with E-state index in [0.29, 0.717) is 23.2 Å². The number of hydrogen-bond acceptors (Lipinski definition) is 2. The van der Waals surface area contributed by atoms with Crippen LogP contribution < -0.4 is 16.0 Å². The molecule has 2 aromatic rings. The van der Waals surface area contributed by atoms with Crippen LogP contribution in [0.5, 0.6) is 0 Å². The summed E-state index contributed by atoms with van der Waals surface area (Å²) in [6, 6.07) is 15.3. The van der Waals surface area contributed by atoms with Crippen molar-refractivity contribution in [2.75, 3.05) is 5.32 Å². The minimum Gasteiger partial charge on any atom is -0.345 e. The van der Waals surface area contributed by atoms with Gasteiger partial charge in [-0.3, -0.25) is 4.79 Å². The van der Waals surface area contributed by atoms with Gasteiger partial charge in [0.1, 0.15) is 0 Å². The molecule has 2 aliphatic carbocycles. The Morgan fingerprint density at radius 1 is 0.929 bits per heavy atom. The fraction of sp³-hybridized carbons (Fsp3) is 0.364. The van der Waals surface area contributed by atoms with Crippen LogP contribution in [-0.2, 0) is 0 Å². The fourth-order valence-electron chi connectivity index (χ4n) is 3.43. The summed E-state index contributed by atoms with van der Waals surface area (Å²) in [5.74, 6) is 0.394. The monoisotopic (exact) mass is 441 g/mol. The summed E-state index contributed by atoms with van der Waals surface area (Å²) in [5, 5.41) is 8.89. The Hall–Kier alpha value is -2.34. The van der Waals surface area contributed by atoms with Gasteiger partial charge in [-0.2, -0.15) is 0 Å². The van der Waals surface area contributed by atoms with Gasteiger partial charge in [0.25, 0.3) is 5.91 Å². The predicted octanol–water partition coefficient (Wildman–Crippen LogP) is 5.00. The first-order valence-electron chi connectivity index (χ1n) is 9.82. The van der Waals surface area contributed by atoms with Gasteiger partial charge in [-0.1, -0.05) is 34.5 Å². The van der Waals surface area contributed by atoms with Gasteiger partial charge < -0.3 is 16.0 Å². The Labute approximate surface area is 173 Å². The maximum atomic E-state index is 12.8. The van der Waals surface area contributed by atoms with Crippen LogP contribution in [0.15, 0.2) is 53.0 Å². The molecule has 0 saturated heterocycles. The lowest BCUT2D eigenvalue weighted by molar-refractivity contribution is 0.0900. The van der Waals surface area contributed by atoms with E-state index in [2.05, 4.69) is 44.0 Å². The first kappa shape index (κ1) is 19.0. The number of nitrogens with one attached hydrogen (secondary N) is 3. The number of anilines is 1. The Balaban J connectivity index is 1.40. The molecule has 2 saturated carbocycles. The lowest BCUT2D eigenvalue weighted by Gasteiger charge is -2.34. The molecule has 0 spiro atoms. The average molecular weight is 442 g/mol. The molecule has 1 atom stereocenters. The summed E-state index contributed by atoms with van der Waals surface area (Å²) in [7, 11) is 0. The Kier molecular flexibility index (Phi) is 5.67. The largest absolute Gasteiger partial charge is 0.345 e. The minimum atomic E-state index is -0.194. The van der Waals surface area contributed by atoms with E-state index in [-0.39, 0.29) is 18.0 Å². The number of urea groups is 1. The molecule has 0 heterocycles. The van der Waals surface area contributed by atoms with Gasteiger partial charge in [0.15, 0.2) is 0 Å². The highest BCUT2D eigenvalue weighted by atomic mass is 79.9.